The van der Waals surface area contributed by atoms with Gasteiger partial charge in [0.05, 0.1) is 12.6 Å². The first kappa shape index (κ1) is 7.23. The summed E-state index contributed by atoms with van der Waals surface area (Å²) in [7, 11) is 1.86. The van der Waals surface area contributed by atoms with Crippen LogP contribution in [0.1, 0.15) is 6.92 Å². The Bertz CT molecular complexity index is 194. The van der Waals surface area contributed by atoms with Crippen LogP contribution in [-0.2, 0) is 4.79 Å². The minimum atomic E-state index is -0.398. The van der Waals surface area contributed by atoms with Gasteiger partial charge in [-0.1, -0.05) is 0 Å². The van der Waals surface area contributed by atoms with Gasteiger partial charge in [-0.05, 0) is 14.0 Å². The molecule has 0 amide bonds. The summed E-state index contributed by atoms with van der Waals surface area (Å²) >= 11 is 0. The summed E-state index contributed by atoms with van der Waals surface area (Å²) in [5, 5.41) is 8.53. The van der Waals surface area contributed by atoms with Crippen LogP contribution in [0.5, 0.6) is 0 Å². The molecule has 2 unspecified atom stereocenters. The van der Waals surface area contributed by atoms with E-state index in [-0.39, 0.29) is 11.8 Å². The number of likely N-dealkylation sites (tertiary alicyclic amines) is 1. The van der Waals surface area contributed by atoms with Crippen molar-refractivity contribution in [1.82, 2.24) is 4.90 Å². The molecule has 1 heterocycles. The zero-order valence-corrected chi connectivity index (χ0v) is 6.16. The van der Waals surface area contributed by atoms with Gasteiger partial charge in [-0.15, -0.1) is 0 Å². The number of nitrogens with zero attached hydrogens (tertiary/aromatic N) is 2. The number of likely N-dealkylation sites (N-methyl/N-ethyl adjacent to an activating group) is 1. The molecule has 0 aliphatic carbocycles. The van der Waals surface area contributed by atoms with E-state index in [9.17, 15) is 4.79 Å². The fourth-order valence-corrected chi connectivity index (χ4v) is 1.19. The second-order valence-corrected chi connectivity index (χ2v) is 2.73. The minimum absolute atomic E-state index is 0.0532. The highest BCUT2D eigenvalue weighted by Crippen LogP contribution is 2.17. The average molecular weight is 138 g/mol. The Hall–Kier alpha value is -0.880. The Morgan fingerprint density at radius 3 is 2.60 bits per heavy atom. The van der Waals surface area contributed by atoms with E-state index in [0.717, 1.165) is 0 Å². The Morgan fingerprint density at radius 2 is 2.40 bits per heavy atom. The van der Waals surface area contributed by atoms with E-state index in [1.165, 1.54) is 0 Å². The molecule has 0 aromatic heterocycles. The quantitative estimate of drug-likeness (QED) is 0.474. The summed E-state index contributed by atoms with van der Waals surface area (Å²) < 4.78 is 0. The van der Waals surface area contributed by atoms with Gasteiger partial charge >= 0.3 is 0 Å². The van der Waals surface area contributed by atoms with Crippen LogP contribution < -0.4 is 0 Å². The third-order valence-corrected chi connectivity index (χ3v) is 2.07. The Morgan fingerprint density at radius 1 is 1.80 bits per heavy atom. The second-order valence-electron chi connectivity index (χ2n) is 2.73. The number of hydrogen-bond donors (Lipinski definition) is 0. The largest absolute Gasteiger partial charge is 0.297 e. The molecule has 10 heavy (non-hydrogen) atoms. The Labute approximate surface area is 60.2 Å². The molecule has 0 saturated carbocycles. The molecule has 0 radical (unpaired) electrons. The van der Waals surface area contributed by atoms with Crippen LogP contribution in [0.25, 0.3) is 0 Å². The maximum absolute atomic E-state index is 11.0. The van der Waals surface area contributed by atoms with Gasteiger partial charge in [0.1, 0.15) is 5.92 Å². The van der Waals surface area contributed by atoms with Gasteiger partial charge in [-0.2, -0.15) is 5.26 Å². The fourth-order valence-electron chi connectivity index (χ4n) is 1.19. The summed E-state index contributed by atoms with van der Waals surface area (Å²) in [6.45, 7) is 2.33. The van der Waals surface area contributed by atoms with Gasteiger partial charge in [-0.25, -0.2) is 0 Å². The molecule has 1 fully saturated rings. The van der Waals surface area contributed by atoms with E-state index in [0.29, 0.717) is 6.54 Å². The zero-order chi connectivity index (χ0) is 7.72. The van der Waals surface area contributed by atoms with Crippen molar-refractivity contribution in [2.24, 2.45) is 5.92 Å². The fraction of sp³-hybridized carbons (Fsp3) is 0.714. The van der Waals surface area contributed by atoms with Crippen LogP contribution in [0, 0.1) is 17.2 Å². The number of carbonyl (C=O) groups excluding carboxylic acids is 1. The first-order valence-electron chi connectivity index (χ1n) is 3.29. The molecular formula is C7H10N2O. The maximum atomic E-state index is 11.0. The van der Waals surface area contributed by atoms with Crippen molar-refractivity contribution >= 4 is 5.78 Å². The molecule has 3 nitrogen and oxygen atoms in total. The van der Waals surface area contributed by atoms with Crippen molar-refractivity contribution in [3.8, 4) is 6.07 Å². The molecular weight excluding hydrogens is 128 g/mol. The van der Waals surface area contributed by atoms with E-state index in [1.54, 1.807) is 0 Å². The van der Waals surface area contributed by atoms with Crippen molar-refractivity contribution in [3.05, 3.63) is 0 Å². The lowest BCUT2D eigenvalue weighted by molar-refractivity contribution is -0.118. The lowest BCUT2D eigenvalue weighted by Gasteiger charge is -2.13. The van der Waals surface area contributed by atoms with Crippen molar-refractivity contribution in [3.63, 3.8) is 0 Å². The molecule has 0 N–H and O–H groups in total. The Balaban J connectivity index is 2.76. The summed E-state index contributed by atoms with van der Waals surface area (Å²) in [6.07, 6.45) is 0. The van der Waals surface area contributed by atoms with Crippen molar-refractivity contribution in [2.45, 2.75) is 13.0 Å². The molecule has 1 saturated heterocycles. The van der Waals surface area contributed by atoms with E-state index in [2.05, 4.69) is 0 Å². The van der Waals surface area contributed by atoms with Crippen LogP contribution in [0.3, 0.4) is 0 Å². The van der Waals surface area contributed by atoms with E-state index in [4.69, 9.17) is 5.26 Å². The number of ketones is 1. The Kier molecular flexibility index (Phi) is 1.73. The third kappa shape index (κ3) is 0.910. The molecule has 1 aliphatic rings. The van der Waals surface area contributed by atoms with E-state index >= 15 is 0 Å². The van der Waals surface area contributed by atoms with Gasteiger partial charge in [0.2, 0.25) is 0 Å². The normalized spacial score (nSPS) is 34.3. The SMILES string of the molecule is CC1C(C#N)C(=O)CN1C. The van der Waals surface area contributed by atoms with Gasteiger partial charge in [0.25, 0.3) is 0 Å². The minimum Gasteiger partial charge on any atom is -0.297 e. The summed E-state index contributed by atoms with van der Waals surface area (Å²) in [5.41, 5.74) is 0. The van der Waals surface area contributed by atoms with Crippen molar-refractivity contribution < 1.29 is 4.79 Å². The first-order valence-corrected chi connectivity index (χ1v) is 3.29. The highest BCUT2D eigenvalue weighted by Gasteiger charge is 2.35. The smallest absolute Gasteiger partial charge is 0.165 e. The number of hydrogen-bond acceptors (Lipinski definition) is 3. The number of rotatable bonds is 0. The van der Waals surface area contributed by atoms with Crippen molar-refractivity contribution in [2.75, 3.05) is 13.6 Å². The topological polar surface area (TPSA) is 44.1 Å². The van der Waals surface area contributed by atoms with Gasteiger partial charge < -0.3 is 0 Å². The van der Waals surface area contributed by atoms with E-state index in [1.807, 2.05) is 24.9 Å². The molecule has 0 aromatic carbocycles. The third-order valence-electron chi connectivity index (χ3n) is 2.07. The maximum Gasteiger partial charge on any atom is 0.165 e. The summed E-state index contributed by atoms with van der Waals surface area (Å²) in [4.78, 5) is 12.9. The van der Waals surface area contributed by atoms with Crippen LogP contribution >= 0.6 is 0 Å². The van der Waals surface area contributed by atoms with Gasteiger partial charge in [0, 0.05) is 6.04 Å². The zero-order valence-electron chi connectivity index (χ0n) is 6.16. The van der Waals surface area contributed by atoms with Crippen molar-refractivity contribution in [1.29, 1.82) is 5.26 Å². The molecule has 0 aromatic rings. The van der Waals surface area contributed by atoms with Crippen LogP contribution in [0.2, 0.25) is 0 Å². The summed E-state index contributed by atoms with van der Waals surface area (Å²) in [6, 6.07) is 2.10. The highest BCUT2D eigenvalue weighted by molar-refractivity contribution is 5.87. The molecule has 0 bridgehead atoms. The number of Topliss-reactive ketones (excluding diaryl/α,β-unsaturated/α-hetero) is 1. The van der Waals surface area contributed by atoms with Crippen LogP contribution in [0.15, 0.2) is 0 Å². The lowest BCUT2D eigenvalue weighted by Crippen LogP contribution is -2.25. The predicted octanol–water partition coefficient (Wildman–Crippen LogP) is 0.0292. The molecule has 1 rings (SSSR count). The van der Waals surface area contributed by atoms with Gasteiger partial charge in [0.15, 0.2) is 5.78 Å². The molecule has 2 atom stereocenters. The second kappa shape index (κ2) is 2.39. The molecule has 1 aliphatic heterocycles. The average Bonchev–Trinajstić information content (AvgIpc) is 2.09. The standard InChI is InChI=1S/C7H10N2O/c1-5-6(3-8)7(10)4-9(5)2/h5-6H,4H2,1-2H3. The van der Waals surface area contributed by atoms with Gasteiger partial charge in [-0.3, -0.25) is 9.69 Å². The van der Waals surface area contributed by atoms with E-state index < -0.39 is 5.92 Å². The van der Waals surface area contributed by atoms with Crippen LogP contribution in [0.4, 0.5) is 0 Å². The molecule has 3 heteroatoms. The van der Waals surface area contributed by atoms with Crippen LogP contribution in [-0.4, -0.2) is 30.3 Å². The summed E-state index contributed by atoms with van der Waals surface area (Å²) in [5.74, 6) is -0.345. The lowest BCUT2D eigenvalue weighted by atomic mass is 10.0. The first-order chi connectivity index (χ1) is 4.66. The number of nitriles is 1. The highest BCUT2D eigenvalue weighted by atomic mass is 16.1. The monoisotopic (exact) mass is 138 g/mol. The molecule has 54 valence electrons. The predicted molar refractivity (Wildman–Crippen MR) is 36.2 cm³/mol. The molecule has 0 spiro atoms. The number of carbonyl (C=O) groups is 1.